The number of ether oxygens (including phenoxy) is 1. The third kappa shape index (κ3) is 3.75. The van der Waals surface area contributed by atoms with Crippen LogP contribution in [0, 0.1) is 0 Å². The molecule has 0 aromatic carbocycles. The van der Waals surface area contributed by atoms with Gasteiger partial charge in [-0.1, -0.05) is 18.5 Å². The summed E-state index contributed by atoms with van der Waals surface area (Å²) in [7, 11) is 1.59. The third-order valence-corrected chi connectivity index (χ3v) is 2.26. The maximum absolute atomic E-state index is 11.7. The molecule has 5 nitrogen and oxygen atoms in total. The molecule has 16 heavy (non-hydrogen) atoms. The number of carbonyl (C=O) groups excluding carboxylic acids is 1. The van der Waals surface area contributed by atoms with Gasteiger partial charge in [0.15, 0.2) is 10.8 Å². The number of hydrogen-bond donors (Lipinski definition) is 1. The first-order valence-electron chi connectivity index (χ1n) is 4.96. The number of nitrogens with zero attached hydrogens (tertiary/aromatic N) is 2. The summed E-state index contributed by atoms with van der Waals surface area (Å²) in [6, 6.07) is 3.04. The standard InChI is InChI=1S/C10H14ClN3O2/c1-3-7(6-16-2)12-10(15)8-4-5-9(11)14-13-8/h4-5,7H,3,6H2,1-2H3,(H,12,15). The Bertz CT molecular complexity index is 342. The lowest BCUT2D eigenvalue weighted by molar-refractivity contribution is 0.0888. The molecule has 0 saturated heterocycles. The normalized spacial score (nSPS) is 12.2. The fourth-order valence-corrected chi connectivity index (χ4v) is 1.26. The van der Waals surface area contributed by atoms with Crippen molar-refractivity contribution in [2.75, 3.05) is 13.7 Å². The monoisotopic (exact) mass is 243 g/mol. The molecule has 0 bridgehead atoms. The number of rotatable bonds is 5. The van der Waals surface area contributed by atoms with Gasteiger partial charge in [0.05, 0.1) is 12.6 Å². The summed E-state index contributed by atoms with van der Waals surface area (Å²) >= 11 is 5.57. The van der Waals surface area contributed by atoms with Crippen LogP contribution < -0.4 is 5.32 Å². The van der Waals surface area contributed by atoms with E-state index in [9.17, 15) is 4.79 Å². The Morgan fingerprint density at radius 2 is 2.31 bits per heavy atom. The van der Waals surface area contributed by atoms with E-state index >= 15 is 0 Å². The Hall–Kier alpha value is -1.20. The van der Waals surface area contributed by atoms with Gasteiger partial charge in [0.2, 0.25) is 0 Å². The van der Waals surface area contributed by atoms with Gasteiger partial charge in [-0.05, 0) is 18.6 Å². The van der Waals surface area contributed by atoms with Crippen LogP contribution in [-0.4, -0.2) is 35.9 Å². The molecule has 1 N–H and O–H groups in total. The lowest BCUT2D eigenvalue weighted by Crippen LogP contribution is -2.37. The van der Waals surface area contributed by atoms with Gasteiger partial charge in [-0.15, -0.1) is 10.2 Å². The second-order valence-corrected chi connectivity index (χ2v) is 3.66. The minimum atomic E-state index is -0.270. The average molecular weight is 244 g/mol. The molecule has 1 unspecified atom stereocenters. The van der Waals surface area contributed by atoms with Crippen molar-refractivity contribution in [3.63, 3.8) is 0 Å². The highest BCUT2D eigenvalue weighted by molar-refractivity contribution is 6.29. The van der Waals surface area contributed by atoms with Crippen LogP contribution >= 0.6 is 11.6 Å². The van der Waals surface area contributed by atoms with Gasteiger partial charge >= 0.3 is 0 Å². The fourth-order valence-electron chi connectivity index (χ4n) is 1.16. The zero-order valence-corrected chi connectivity index (χ0v) is 9.99. The van der Waals surface area contributed by atoms with Gasteiger partial charge in [-0.2, -0.15) is 0 Å². The molecule has 1 amide bonds. The number of amides is 1. The molecule has 88 valence electrons. The Morgan fingerprint density at radius 3 is 2.81 bits per heavy atom. The molecule has 6 heteroatoms. The highest BCUT2D eigenvalue weighted by Crippen LogP contribution is 2.02. The van der Waals surface area contributed by atoms with E-state index in [1.165, 1.54) is 12.1 Å². The highest BCUT2D eigenvalue weighted by atomic mass is 35.5. The molecule has 1 rings (SSSR count). The molecule has 0 radical (unpaired) electrons. The van der Waals surface area contributed by atoms with Crippen LogP contribution in [0.5, 0.6) is 0 Å². The minimum absolute atomic E-state index is 0.0185. The summed E-state index contributed by atoms with van der Waals surface area (Å²) in [4.78, 5) is 11.7. The van der Waals surface area contributed by atoms with Gasteiger partial charge < -0.3 is 10.1 Å². The van der Waals surface area contributed by atoms with Crippen molar-refractivity contribution in [1.82, 2.24) is 15.5 Å². The van der Waals surface area contributed by atoms with Crippen molar-refractivity contribution in [2.24, 2.45) is 0 Å². The second kappa shape index (κ2) is 6.40. The first-order valence-corrected chi connectivity index (χ1v) is 5.34. The largest absolute Gasteiger partial charge is 0.383 e. The van der Waals surface area contributed by atoms with Crippen LogP contribution in [0.2, 0.25) is 5.15 Å². The van der Waals surface area contributed by atoms with Crippen LogP contribution in [-0.2, 0) is 4.74 Å². The summed E-state index contributed by atoms with van der Waals surface area (Å²) in [5.74, 6) is -0.270. The third-order valence-electron chi connectivity index (χ3n) is 2.06. The molecule has 0 aliphatic carbocycles. The molecule has 0 aliphatic rings. The molecule has 0 spiro atoms. The molecule has 0 aliphatic heterocycles. The first kappa shape index (κ1) is 12.9. The molecular weight excluding hydrogens is 230 g/mol. The molecule has 0 saturated carbocycles. The van der Waals surface area contributed by atoms with Crippen molar-refractivity contribution < 1.29 is 9.53 Å². The molecule has 1 heterocycles. The van der Waals surface area contributed by atoms with Crippen molar-refractivity contribution in [1.29, 1.82) is 0 Å². The smallest absolute Gasteiger partial charge is 0.272 e. The van der Waals surface area contributed by atoms with Crippen molar-refractivity contribution in [2.45, 2.75) is 19.4 Å². The van der Waals surface area contributed by atoms with Gasteiger partial charge in [-0.25, -0.2) is 0 Å². The van der Waals surface area contributed by atoms with Gasteiger partial charge in [0, 0.05) is 7.11 Å². The van der Waals surface area contributed by atoms with Gasteiger partial charge in [-0.3, -0.25) is 4.79 Å². The molecule has 1 aromatic heterocycles. The predicted molar refractivity (Wildman–Crippen MR) is 60.5 cm³/mol. The zero-order valence-electron chi connectivity index (χ0n) is 9.24. The number of aromatic nitrogens is 2. The quantitative estimate of drug-likeness (QED) is 0.846. The van der Waals surface area contributed by atoms with E-state index in [4.69, 9.17) is 16.3 Å². The van der Waals surface area contributed by atoms with Crippen LogP contribution in [0.1, 0.15) is 23.8 Å². The van der Waals surface area contributed by atoms with Crippen LogP contribution in [0.3, 0.4) is 0 Å². The topological polar surface area (TPSA) is 64.1 Å². The van der Waals surface area contributed by atoms with E-state index < -0.39 is 0 Å². The van der Waals surface area contributed by atoms with Crippen LogP contribution in [0.15, 0.2) is 12.1 Å². The average Bonchev–Trinajstić information content (AvgIpc) is 2.29. The molecule has 1 atom stereocenters. The first-order chi connectivity index (χ1) is 7.67. The lowest BCUT2D eigenvalue weighted by atomic mass is 10.2. The fraction of sp³-hybridized carbons (Fsp3) is 0.500. The molecule has 0 fully saturated rings. The van der Waals surface area contributed by atoms with Crippen molar-refractivity contribution in [3.8, 4) is 0 Å². The van der Waals surface area contributed by atoms with E-state index in [1.807, 2.05) is 6.92 Å². The SMILES string of the molecule is CCC(COC)NC(=O)c1ccc(Cl)nn1. The van der Waals surface area contributed by atoms with Crippen molar-refractivity contribution >= 4 is 17.5 Å². The lowest BCUT2D eigenvalue weighted by Gasteiger charge is -2.15. The van der Waals surface area contributed by atoms with Crippen molar-refractivity contribution in [3.05, 3.63) is 23.0 Å². The number of hydrogen-bond acceptors (Lipinski definition) is 4. The van der Waals surface area contributed by atoms with E-state index in [0.29, 0.717) is 6.61 Å². The maximum Gasteiger partial charge on any atom is 0.272 e. The number of nitrogens with one attached hydrogen (secondary N) is 1. The summed E-state index contributed by atoms with van der Waals surface area (Å²) in [5, 5.41) is 10.4. The van der Waals surface area contributed by atoms with E-state index in [0.717, 1.165) is 6.42 Å². The molecule has 1 aromatic rings. The second-order valence-electron chi connectivity index (χ2n) is 3.28. The van der Waals surface area contributed by atoms with Crippen LogP contribution in [0.25, 0.3) is 0 Å². The molecular formula is C10H14ClN3O2. The number of methoxy groups -OCH3 is 1. The number of halogens is 1. The van der Waals surface area contributed by atoms with Crippen LogP contribution in [0.4, 0.5) is 0 Å². The minimum Gasteiger partial charge on any atom is -0.383 e. The predicted octanol–water partition coefficient (Wildman–Crippen LogP) is 1.28. The van der Waals surface area contributed by atoms with Gasteiger partial charge in [0.25, 0.3) is 5.91 Å². The van der Waals surface area contributed by atoms with Gasteiger partial charge in [0.1, 0.15) is 0 Å². The summed E-state index contributed by atoms with van der Waals surface area (Å²) in [6.07, 6.45) is 0.792. The zero-order chi connectivity index (χ0) is 12.0. The Kier molecular flexibility index (Phi) is 5.14. The Morgan fingerprint density at radius 1 is 1.56 bits per heavy atom. The van der Waals surface area contributed by atoms with E-state index in [2.05, 4.69) is 15.5 Å². The summed E-state index contributed by atoms with van der Waals surface area (Å²) in [6.45, 7) is 2.45. The van der Waals surface area contributed by atoms with E-state index in [1.54, 1.807) is 7.11 Å². The van der Waals surface area contributed by atoms with E-state index in [-0.39, 0.29) is 22.8 Å². The summed E-state index contributed by atoms with van der Waals surface area (Å²) < 4.78 is 4.98. The maximum atomic E-state index is 11.7. The summed E-state index contributed by atoms with van der Waals surface area (Å²) in [5.41, 5.74) is 0.249. The number of carbonyl (C=O) groups is 1. The Labute approximate surface area is 99.2 Å². The Balaban J connectivity index is 2.60. The highest BCUT2D eigenvalue weighted by Gasteiger charge is 2.13.